The average Bonchev–Trinajstić information content (AvgIpc) is 2.73. The highest BCUT2D eigenvalue weighted by atomic mass is 14.9. The van der Waals surface area contributed by atoms with Crippen molar-refractivity contribution in [3.8, 4) is 11.5 Å². The van der Waals surface area contributed by atoms with E-state index in [2.05, 4.69) is 40.9 Å². The van der Waals surface area contributed by atoms with Crippen molar-refractivity contribution >= 4 is 11.0 Å². The van der Waals surface area contributed by atoms with E-state index < -0.39 is 0 Å². The Bertz CT molecular complexity index is 726. The number of hydrogen-bond donors (Lipinski definition) is 1. The van der Waals surface area contributed by atoms with E-state index in [0.29, 0.717) is 0 Å². The van der Waals surface area contributed by atoms with Gasteiger partial charge in [-0.2, -0.15) is 0 Å². The number of benzene rings is 1. The Labute approximate surface area is 106 Å². The number of aromatic amines is 1. The molecule has 0 saturated heterocycles. The lowest BCUT2D eigenvalue weighted by Gasteiger charge is -1.96. The second-order valence-corrected chi connectivity index (χ2v) is 4.73. The van der Waals surface area contributed by atoms with Crippen LogP contribution in [0.15, 0.2) is 30.3 Å². The molecule has 0 radical (unpaired) electrons. The molecule has 2 aromatic heterocycles. The van der Waals surface area contributed by atoms with E-state index in [0.717, 1.165) is 28.2 Å². The van der Waals surface area contributed by atoms with Crippen LogP contribution in [0.2, 0.25) is 0 Å². The number of rotatable bonds is 1. The lowest BCUT2D eigenvalue weighted by atomic mass is 10.1. The molecule has 3 rings (SSSR count). The van der Waals surface area contributed by atoms with Gasteiger partial charge < -0.3 is 4.98 Å². The zero-order chi connectivity index (χ0) is 12.7. The predicted octanol–water partition coefficient (Wildman–Crippen LogP) is 3.55. The largest absolute Gasteiger partial charge is 0.337 e. The summed E-state index contributed by atoms with van der Waals surface area (Å²) in [5.74, 6) is 0.836. The third kappa shape index (κ3) is 1.78. The summed E-state index contributed by atoms with van der Waals surface area (Å²) in [5, 5.41) is 0. The number of nitrogens with zero attached hydrogens (tertiary/aromatic N) is 2. The number of hydrogen-bond acceptors (Lipinski definition) is 2. The molecule has 1 aromatic carbocycles. The molecule has 90 valence electrons. The van der Waals surface area contributed by atoms with Crippen LogP contribution in [0.5, 0.6) is 0 Å². The van der Waals surface area contributed by atoms with Crippen LogP contribution < -0.4 is 0 Å². The first kappa shape index (κ1) is 11.0. The molecule has 0 fully saturated rings. The number of fused-ring (bicyclic) bond motifs is 1. The van der Waals surface area contributed by atoms with Gasteiger partial charge in [0.25, 0.3) is 0 Å². The standard InChI is InChI=1S/C15H15N3/c1-9-7-10(2)14-13(8-9)17-15(18-14)12-6-4-5-11(3)16-12/h4-8H,1-3H3,(H,17,18). The lowest BCUT2D eigenvalue weighted by Crippen LogP contribution is -1.87. The Morgan fingerprint density at radius 3 is 2.61 bits per heavy atom. The number of aromatic nitrogens is 3. The highest BCUT2D eigenvalue weighted by Crippen LogP contribution is 2.22. The Hall–Kier alpha value is -2.16. The van der Waals surface area contributed by atoms with Crippen molar-refractivity contribution in [2.24, 2.45) is 0 Å². The SMILES string of the molecule is Cc1cc(C)c2nc(-c3cccc(C)n3)[nH]c2c1. The van der Waals surface area contributed by atoms with Gasteiger partial charge in [-0.1, -0.05) is 12.1 Å². The summed E-state index contributed by atoms with van der Waals surface area (Å²) in [6, 6.07) is 10.2. The molecule has 3 aromatic rings. The van der Waals surface area contributed by atoms with Gasteiger partial charge in [0.1, 0.15) is 5.69 Å². The van der Waals surface area contributed by atoms with Crippen molar-refractivity contribution in [3.05, 3.63) is 47.2 Å². The Balaban J connectivity index is 2.22. The fourth-order valence-electron chi connectivity index (χ4n) is 2.27. The first-order chi connectivity index (χ1) is 8.63. The molecule has 1 N–H and O–H groups in total. The normalized spacial score (nSPS) is 11.1. The summed E-state index contributed by atoms with van der Waals surface area (Å²) in [4.78, 5) is 12.5. The van der Waals surface area contributed by atoms with Crippen LogP contribution in [0, 0.1) is 20.8 Å². The maximum absolute atomic E-state index is 4.65. The molecule has 18 heavy (non-hydrogen) atoms. The number of pyridine rings is 1. The molecule has 0 spiro atoms. The van der Waals surface area contributed by atoms with Crippen molar-refractivity contribution in [2.75, 3.05) is 0 Å². The van der Waals surface area contributed by atoms with Gasteiger partial charge in [-0.05, 0) is 50.1 Å². The maximum Gasteiger partial charge on any atom is 0.157 e. The van der Waals surface area contributed by atoms with E-state index in [1.165, 1.54) is 11.1 Å². The Morgan fingerprint density at radius 1 is 1.00 bits per heavy atom. The van der Waals surface area contributed by atoms with Crippen LogP contribution in [0.4, 0.5) is 0 Å². The third-order valence-corrected chi connectivity index (χ3v) is 3.05. The van der Waals surface area contributed by atoms with Gasteiger partial charge in [0, 0.05) is 5.69 Å². The summed E-state index contributed by atoms with van der Waals surface area (Å²) in [6.07, 6.45) is 0. The van der Waals surface area contributed by atoms with Crippen molar-refractivity contribution in [3.63, 3.8) is 0 Å². The first-order valence-corrected chi connectivity index (χ1v) is 6.04. The second kappa shape index (κ2) is 3.95. The fraction of sp³-hybridized carbons (Fsp3) is 0.200. The van der Waals surface area contributed by atoms with Gasteiger partial charge in [0.2, 0.25) is 0 Å². The first-order valence-electron chi connectivity index (χ1n) is 6.04. The molecular weight excluding hydrogens is 222 g/mol. The zero-order valence-electron chi connectivity index (χ0n) is 10.8. The molecule has 0 aliphatic heterocycles. The summed E-state index contributed by atoms with van der Waals surface area (Å²) in [5.41, 5.74) is 6.43. The summed E-state index contributed by atoms with van der Waals surface area (Å²) >= 11 is 0. The molecule has 3 heteroatoms. The van der Waals surface area contributed by atoms with Gasteiger partial charge >= 0.3 is 0 Å². The Kier molecular flexibility index (Phi) is 2.40. The molecule has 0 unspecified atom stereocenters. The third-order valence-electron chi connectivity index (χ3n) is 3.05. The topological polar surface area (TPSA) is 41.6 Å². The van der Waals surface area contributed by atoms with Crippen LogP contribution in [0.3, 0.4) is 0 Å². The number of aryl methyl sites for hydroxylation is 3. The lowest BCUT2D eigenvalue weighted by molar-refractivity contribution is 1.17. The van der Waals surface area contributed by atoms with E-state index in [9.17, 15) is 0 Å². The van der Waals surface area contributed by atoms with Crippen LogP contribution >= 0.6 is 0 Å². The average molecular weight is 237 g/mol. The minimum atomic E-state index is 0.836. The summed E-state index contributed by atoms with van der Waals surface area (Å²) in [7, 11) is 0. The Morgan fingerprint density at radius 2 is 1.83 bits per heavy atom. The minimum absolute atomic E-state index is 0.836. The van der Waals surface area contributed by atoms with E-state index in [1.54, 1.807) is 0 Å². The molecule has 2 heterocycles. The molecule has 0 atom stereocenters. The van der Waals surface area contributed by atoms with Gasteiger partial charge in [0.05, 0.1) is 11.0 Å². The van der Waals surface area contributed by atoms with Crippen molar-refractivity contribution in [1.29, 1.82) is 0 Å². The molecule has 3 nitrogen and oxygen atoms in total. The molecule has 0 amide bonds. The molecule has 0 bridgehead atoms. The minimum Gasteiger partial charge on any atom is -0.337 e. The van der Waals surface area contributed by atoms with E-state index >= 15 is 0 Å². The molecule has 0 saturated carbocycles. The zero-order valence-corrected chi connectivity index (χ0v) is 10.8. The molecular formula is C15H15N3. The summed E-state index contributed by atoms with van der Waals surface area (Å²) < 4.78 is 0. The second-order valence-electron chi connectivity index (χ2n) is 4.73. The van der Waals surface area contributed by atoms with Gasteiger partial charge in [-0.15, -0.1) is 0 Å². The van der Waals surface area contributed by atoms with Crippen LogP contribution in [0.25, 0.3) is 22.6 Å². The number of imidazole rings is 1. The fourth-order valence-corrected chi connectivity index (χ4v) is 2.27. The maximum atomic E-state index is 4.65. The van der Waals surface area contributed by atoms with Gasteiger partial charge in [-0.3, -0.25) is 0 Å². The monoisotopic (exact) mass is 237 g/mol. The van der Waals surface area contributed by atoms with Crippen LogP contribution in [-0.2, 0) is 0 Å². The molecule has 0 aliphatic carbocycles. The van der Waals surface area contributed by atoms with Crippen molar-refractivity contribution < 1.29 is 0 Å². The van der Waals surface area contributed by atoms with Crippen molar-refractivity contribution in [1.82, 2.24) is 15.0 Å². The molecule has 0 aliphatic rings. The highest BCUT2D eigenvalue weighted by Gasteiger charge is 2.08. The summed E-state index contributed by atoms with van der Waals surface area (Å²) in [6.45, 7) is 6.17. The van der Waals surface area contributed by atoms with E-state index in [1.807, 2.05) is 25.1 Å². The van der Waals surface area contributed by atoms with E-state index in [4.69, 9.17) is 0 Å². The number of H-pyrrole nitrogens is 1. The van der Waals surface area contributed by atoms with E-state index in [-0.39, 0.29) is 0 Å². The van der Waals surface area contributed by atoms with Crippen LogP contribution in [-0.4, -0.2) is 15.0 Å². The predicted molar refractivity (Wildman–Crippen MR) is 73.5 cm³/mol. The smallest absolute Gasteiger partial charge is 0.157 e. The van der Waals surface area contributed by atoms with Gasteiger partial charge in [-0.25, -0.2) is 9.97 Å². The van der Waals surface area contributed by atoms with Crippen molar-refractivity contribution in [2.45, 2.75) is 20.8 Å². The number of nitrogens with one attached hydrogen (secondary N) is 1. The van der Waals surface area contributed by atoms with Gasteiger partial charge in [0.15, 0.2) is 5.82 Å². The highest BCUT2D eigenvalue weighted by molar-refractivity contribution is 5.82. The van der Waals surface area contributed by atoms with Crippen LogP contribution in [0.1, 0.15) is 16.8 Å². The quantitative estimate of drug-likeness (QED) is 0.703.